The fourth-order valence-corrected chi connectivity index (χ4v) is 5.80. The van der Waals surface area contributed by atoms with E-state index in [9.17, 15) is 10.1 Å². The molecule has 0 bridgehead atoms. The molecule has 1 aliphatic heterocycles. The average molecular weight is 518 g/mol. The van der Waals surface area contributed by atoms with Gasteiger partial charge in [0.1, 0.15) is 21.8 Å². The quantitative estimate of drug-likeness (QED) is 0.429. The summed E-state index contributed by atoms with van der Waals surface area (Å²) >= 11 is 1.53. The van der Waals surface area contributed by atoms with E-state index in [-0.39, 0.29) is 18.1 Å². The summed E-state index contributed by atoms with van der Waals surface area (Å²) in [5, 5.41) is 23.6. The molecule has 3 aromatic rings. The summed E-state index contributed by atoms with van der Waals surface area (Å²) in [4.78, 5) is 14.4. The number of nitrogens with zero attached hydrogens (tertiary/aromatic N) is 4. The molecule has 1 N–H and O–H groups in total. The van der Waals surface area contributed by atoms with Crippen LogP contribution in [0.5, 0.6) is 5.75 Å². The standard InChI is InChI=1S/C27H29N5O2S.C2H6/c1-17(2)34-24-11-8-18(14-19(24)15-28)26-30-31-27(35-26)22-7-5-6-21-20(22)9-10-23(21)29-16-25(33)32-12-3-4-13-32;1-2/h5-8,11,14,17,23,29H,3-4,9-10,12-13,16H2,1-2H3;1-2H3. The fraction of sp³-hybridized carbons (Fsp3) is 0.448. The Bertz CT molecular complexity index is 1270. The lowest BCUT2D eigenvalue weighted by Gasteiger charge is -2.19. The number of nitrogens with one attached hydrogen (secondary N) is 1. The molecule has 8 heteroatoms. The van der Waals surface area contributed by atoms with Crippen molar-refractivity contribution in [3.63, 3.8) is 0 Å². The molecular weight excluding hydrogens is 482 g/mol. The Hall–Kier alpha value is -3.28. The van der Waals surface area contributed by atoms with E-state index in [4.69, 9.17) is 4.74 Å². The van der Waals surface area contributed by atoms with Gasteiger partial charge in [-0.2, -0.15) is 5.26 Å². The van der Waals surface area contributed by atoms with Crippen molar-refractivity contribution in [1.29, 1.82) is 5.26 Å². The lowest BCUT2D eigenvalue weighted by Crippen LogP contribution is -2.37. The van der Waals surface area contributed by atoms with Gasteiger partial charge < -0.3 is 15.0 Å². The highest BCUT2D eigenvalue weighted by atomic mass is 32.1. The zero-order valence-electron chi connectivity index (χ0n) is 22.1. The van der Waals surface area contributed by atoms with Gasteiger partial charge in [-0.15, -0.1) is 10.2 Å². The second kappa shape index (κ2) is 12.3. The molecule has 1 unspecified atom stereocenters. The van der Waals surface area contributed by atoms with Gasteiger partial charge in [-0.1, -0.05) is 43.4 Å². The van der Waals surface area contributed by atoms with Crippen molar-refractivity contribution in [3.05, 3.63) is 53.1 Å². The van der Waals surface area contributed by atoms with Gasteiger partial charge in [-0.3, -0.25) is 4.79 Å². The highest BCUT2D eigenvalue weighted by Gasteiger charge is 2.27. The summed E-state index contributed by atoms with van der Waals surface area (Å²) in [5.74, 6) is 0.779. The Balaban J connectivity index is 0.00000156. The molecule has 1 aromatic heterocycles. The van der Waals surface area contributed by atoms with Gasteiger partial charge in [-0.05, 0) is 68.9 Å². The van der Waals surface area contributed by atoms with Crippen molar-refractivity contribution in [2.45, 2.75) is 65.5 Å². The topological polar surface area (TPSA) is 91.1 Å². The number of likely N-dealkylation sites (tertiary alicyclic amines) is 1. The van der Waals surface area contributed by atoms with Crippen LogP contribution in [0.1, 0.15) is 69.7 Å². The van der Waals surface area contributed by atoms with Crippen molar-refractivity contribution in [2.75, 3.05) is 19.6 Å². The van der Waals surface area contributed by atoms with Crippen LogP contribution < -0.4 is 10.1 Å². The van der Waals surface area contributed by atoms with Gasteiger partial charge in [0.25, 0.3) is 0 Å². The number of rotatable bonds is 7. The van der Waals surface area contributed by atoms with E-state index in [0.717, 1.165) is 59.9 Å². The van der Waals surface area contributed by atoms with Gasteiger partial charge >= 0.3 is 0 Å². The van der Waals surface area contributed by atoms with Gasteiger partial charge in [-0.25, -0.2) is 0 Å². The molecule has 0 radical (unpaired) electrons. The van der Waals surface area contributed by atoms with E-state index in [1.54, 1.807) is 0 Å². The molecule has 194 valence electrons. The van der Waals surface area contributed by atoms with E-state index in [1.807, 2.05) is 50.8 Å². The Morgan fingerprint density at radius 3 is 2.68 bits per heavy atom. The summed E-state index contributed by atoms with van der Waals surface area (Å²) in [6.45, 7) is 10.0. The first kappa shape index (κ1) is 26.8. The molecule has 7 nitrogen and oxygen atoms in total. The minimum Gasteiger partial charge on any atom is -0.490 e. The first-order chi connectivity index (χ1) is 18.0. The lowest BCUT2D eigenvalue weighted by molar-refractivity contribution is -0.129. The van der Waals surface area contributed by atoms with Crippen molar-refractivity contribution >= 4 is 17.2 Å². The minimum absolute atomic E-state index is 0.00193. The van der Waals surface area contributed by atoms with E-state index in [1.165, 1.54) is 22.5 Å². The predicted octanol–water partition coefficient (Wildman–Crippen LogP) is 5.76. The van der Waals surface area contributed by atoms with E-state index >= 15 is 0 Å². The number of hydrogen-bond donors (Lipinski definition) is 1. The van der Waals surface area contributed by atoms with Gasteiger partial charge in [0, 0.05) is 30.3 Å². The largest absolute Gasteiger partial charge is 0.490 e. The number of aromatic nitrogens is 2. The van der Waals surface area contributed by atoms with Crippen molar-refractivity contribution in [2.24, 2.45) is 0 Å². The molecule has 2 aliphatic rings. The third kappa shape index (κ3) is 6.00. The van der Waals surface area contributed by atoms with Crippen LogP contribution in [0.3, 0.4) is 0 Å². The highest BCUT2D eigenvalue weighted by Crippen LogP contribution is 2.40. The van der Waals surface area contributed by atoms with Crippen molar-refractivity contribution in [3.8, 4) is 33.0 Å². The van der Waals surface area contributed by atoms with Crippen LogP contribution in [0.15, 0.2) is 36.4 Å². The zero-order valence-corrected chi connectivity index (χ0v) is 22.9. The molecule has 0 saturated carbocycles. The second-order valence-corrected chi connectivity index (χ2v) is 10.3. The molecule has 37 heavy (non-hydrogen) atoms. The average Bonchev–Trinajstić information content (AvgIpc) is 3.69. The van der Waals surface area contributed by atoms with Crippen LogP contribution in [0, 0.1) is 11.3 Å². The number of fused-ring (bicyclic) bond motifs is 1. The number of carbonyl (C=O) groups excluding carboxylic acids is 1. The van der Waals surface area contributed by atoms with Gasteiger partial charge in [0.2, 0.25) is 5.91 Å². The molecule has 2 aromatic carbocycles. The molecule has 1 aliphatic carbocycles. The maximum atomic E-state index is 12.5. The third-order valence-corrected chi connectivity index (χ3v) is 7.60. The minimum atomic E-state index is -0.00193. The molecule has 2 heterocycles. The van der Waals surface area contributed by atoms with E-state index in [2.05, 4.69) is 39.8 Å². The van der Waals surface area contributed by atoms with Crippen LogP contribution in [0.2, 0.25) is 0 Å². The van der Waals surface area contributed by atoms with E-state index < -0.39 is 0 Å². The molecule has 1 amide bonds. The number of ether oxygens (including phenoxy) is 1. The monoisotopic (exact) mass is 517 g/mol. The van der Waals surface area contributed by atoms with Crippen LogP contribution >= 0.6 is 11.3 Å². The highest BCUT2D eigenvalue weighted by molar-refractivity contribution is 7.17. The summed E-state index contributed by atoms with van der Waals surface area (Å²) < 4.78 is 5.74. The molecule has 1 fully saturated rings. The number of carbonyl (C=O) groups is 1. The SMILES string of the molecule is CC.CC(C)Oc1ccc(-c2nnc(-c3cccc4c3CCC4NCC(=O)N3CCCC3)s2)cc1C#N. The normalized spacial score (nSPS) is 16.2. The smallest absolute Gasteiger partial charge is 0.236 e. The fourth-order valence-electron chi connectivity index (χ4n) is 4.91. The first-order valence-electron chi connectivity index (χ1n) is 13.2. The number of nitriles is 1. The summed E-state index contributed by atoms with van der Waals surface area (Å²) in [5.41, 5.74) is 4.97. The maximum absolute atomic E-state index is 12.5. The van der Waals surface area contributed by atoms with Crippen LogP contribution in [0.4, 0.5) is 0 Å². The first-order valence-corrected chi connectivity index (χ1v) is 14.0. The zero-order chi connectivity index (χ0) is 26.4. The number of hydrogen-bond acceptors (Lipinski definition) is 7. The predicted molar refractivity (Wildman–Crippen MR) is 147 cm³/mol. The Kier molecular flexibility index (Phi) is 8.91. The summed E-state index contributed by atoms with van der Waals surface area (Å²) in [6, 6.07) is 14.3. The number of amides is 1. The lowest BCUT2D eigenvalue weighted by atomic mass is 10.0. The summed E-state index contributed by atoms with van der Waals surface area (Å²) in [6.07, 6.45) is 4.12. The van der Waals surface area contributed by atoms with Gasteiger partial charge in [0.15, 0.2) is 0 Å². The van der Waals surface area contributed by atoms with E-state index in [0.29, 0.717) is 17.9 Å². The van der Waals surface area contributed by atoms with Crippen LogP contribution in [-0.2, 0) is 11.2 Å². The molecule has 0 spiro atoms. The molecular formula is C29H35N5O2S. The van der Waals surface area contributed by atoms with Crippen molar-refractivity contribution < 1.29 is 9.53 Å². The van der Waals surface area contributed by atoms with Crippen LogP contribution in [-0.4, -0.2) is 46.7 Å². The molecule has 1 atom stereocenters. The molecule has 1 saturated heterocycles. The third-order valence-electron chi connectivity index (χ3n) is 6.59. The summed E-state index contributed by atoms with van der Waals surface area (Å²) in [7, 11) is 0. The molecule has 5 rings (SSSR count). The Morgan fingerprint density at radius 1 is 1.19 bits per heavy atom. The second-order valence-electron chi connectivity index (χ2n) is 9.34. The Labute approximate surface area is 223 Å². The van der Waals surface area contributed by atoms with Gasteiger partial charge in [0.05, 0.1) is 18.2 Å². The Morgan fingerprint density at radius 2 is 1.95 bits per heavy atom. The number of benzene rings is 2. The van der Waals surface area contributed by atoms with Crippen LogP contribution in [0.25, 0.3) is 21.1 Å². The van der Waals surface area contributed by atoms with Crippen molar-refractivity contribution in [1.82, 2.24) is 20.4 Å². The maximum Gasteiger partial charge on any atom is 0.236 e.